The highest BCUT2D eigenvalue weighted by molar-refractivity contribution is 7.20. The third kappa shape index (κ3) is 2.87. The number of benzene rings is 2. The van der Waals surface area contributed by atoms with E-state index in [4.69, 9.17) is 0 Å². The number of hydrogen-bond donors (Lipinski definition) is 0. The van der Waals surface area contributed by atoms with E-state index < -0.39 is 0 Å². The van der Waals surface area contributed by atoms with Gasteiger partial charge in [0, 0.05) is 5.56 Å². The normalized spacial score (nSPS) is 11.8. The van der Waals surface area contributed by atoms with Crippen LogP contribution in [0, 0.1) is 0 Å². The van der Waals surface area contributed by atoms with Crippen LogP contribution in [0.25, 0.3) is 10.2 Å². The second-order valence-electron chi connectivity index (χ2n) is 5.96. The number of rotatable bonds is 6. The van der Waals surface area contributed by atoms with Gasteiger partial charge in [0.05, 0.1) is 29.9 Å². The summed E-state index contributed by atoms with van der Waals surface area (Å²) < 4.78 is 1.99. The molecule has 0 saturated heterocycles. The summed E-state index contributed by atoms with van der Waals surface area (Å²) in [4.78, 5) is 17.2. The van der Waals surface area contributed by atoms with Crippen molar-refractivity contribution in [1.29, 1.82) is 0 Å². The van der Waals surface area contributed by atoms with Crippen molar-refractivity contribution in [3.05, 3.63) is 59.1 Å². The number of quaternary nitrogens is 1. The molecule has 2 aromatic carbocycles. The average Bonchev–Trinajstić information content (AvgIpc) is 3.08. The molecule has 3 rings (SSSR count). The lowest BCUT2D eigenvalue weighted by Gasteiger charge is -2.35. The molecule has 0 N–H and O–H groups in total. The molecule has 4 heteroatoms. The van der Waals surface area contributed by atoms with Crippen molar-refractivity contribution in [2.24, 2.45) is 0 Å². The van der Waals surface area contributed by atoms with Crippen molar-refractivity contribution >= 4 is 33.0 Å². The number of fused-ring (bicyclic) bond motifs is 1. The quantitative estimate of drug-likeness (QED) is 0.472. The van der Waals surface area contributed by atoms with Crippen LogP contribution >= 0.6 is 11.3 Å². The highest BCUT2D eigenvalue weighted by Gasteiger charge is 2.24. The first-order valence-electron chi connectivity index (χ1n) is 8.50. The van der Waals surface area contributed by atoms with Crippen molar-refractivity contribution in [3.8, 4) is 0 Å². The molecule has 3 aromatic rings. The fraction of sp³-hybridized carbons (Fsp3) is 0.300. The maximum absolute atomic E-state index is 12.7. The molecule has 0 amide bonds. The molecule has 0 saturated carbocycles. The first-order chi connectivity index (χ1) is 11.6. The van der Waals surface area contributed by atoms with Crippen LogP contribution in [0.4, 0.5) is 5.69 Å². The van der Waals surface area contributed by atoms with Gasteiger partial charge in [0.15, 0.2) is 5.01 Å². The summed E-state index contributed by atoms with van der Waals surface area (Å²) in [5.41, 5.74) is 2.86. The first kappa shape index (κ1) is 16.8. The Morgan fingerprint density at radius 2 is 1.58 bits per heavy atom. The summed E-state index contributed by atoms with van der Waals surface area (Å²) in [6.45, 7) is 9.81. The summed E-state index contributed by atoms with van der Waals surface area (Å²) in [6, 6.07) is 15.9. The minimum atomic E-state index is 0.00495. The summed E-state index contributed by atoms with van der Waals surface area (Å²) in [7, 11) is 0. The van der Waals surface area contributed by atoms with Gasteiger partial charge in [-0.2, -0.15) is 0 Å². The summed E-state index contributed by atoms with van der Waals surface area (Å²) in [5.74, 6) is 0.00495. The molecule has 0 bridgehead atoms. The minimum Gasteiger partial charge on any atom is -0.292 e. The standard InChI is InChI=1S/C20H23N2OS/c1-4-22(5-2,6-3)16-13-11-15(12-14-16)19(23)20-21-17-9-7-8-10-18(17)24-20/h7-14H,4-6H2,1-3H3/q+1. The topological polar surface area (TPSA) is 30.0 Å². The molecule has 24 heavy (non-hydrogen) atoms. The summed E-state index contributed by atoms with van der Waals surface area (Å²) in [5, 5.41) is 0.561. The van der Waals surface area contributed by atoms with Crippen LogP contribution < -0.4 is 4.48 Å². The van der Waals surface area contributed by atoms with Gasteiger partial charge in [-0.3, -0.25) is 9.28 Å². The highest BCUT2D eigenvalue weighted by atomic mass is 32.1. The van der Waals surface area contributed by atoms with Crippen LogP contribution in [0.15, 0.2) is 48.5 Å². The van der Waals surface area contributed by atoms with Crippen molar-refractivity contribution in [3.63, 3.8) is 0 Å². The van der Waals surface area contributed by atoms with Crippen molar-refractivity contribution in [1.82, 2.24) is 9.47 Å². The molecular formula is C20H23N2OS+. The van der Waals surface area contributed by atoms with Crippen LogP contribution in [0.1, 0.15) is 36.1 Å². The lowest BCUT2D eigenvalue weighted by atomic mass is 10.1. The number of carbonyl (C=O) groups is 1. The van der Waals surface area contributed by atoms with Gasteiger partial charge in [-0.05, 0) is 57.2 Å². The van der Waals surface area contributed by atoms with E-state index in [0.29, 0.717) is 10.6 Å². The Kier molecular flexibility index (Phi) is 4.78. The molecule has 0 unspecified atom stereocenters. The van der Waals surface area contributed by atoms with Gasteiger partial charge in [-0.1, -0.05) is 12.1 Å². The molecule has 0 aliphatic carbocycles. The van der Waals surface area contributed by atoms with E-state index >= 15 is 0 Å². The number of nitrogens with zero attached hydrogens (tertiary/aromatic N) is 2. The lowest BCUT2D eigenvalue weighted by molar-refractivity contribution is 0.103. The number of thiazole rings is 1. The monoisotopic (exact) mass is 339 g/mol. The first-order valence-corrected chi connectivity index (χ1v) is 9.32. The second kappa shape index (κ2) is 6.83. The second-order valence-corrected chi connectivity index (χ2v) is 6.99. The fourth-order valence-corrected chi connectivity index (χ4v) is 4.17. The predicted octanol–water partition coefficient (Wildman–Crippen LogP) is 4.89. The number of para-hydroxylation sites is 1. The third-order valence-corrected chi connectivity index (χ3v) is 6.02. The predicted molar refractivity (Wildman–Crippen MR) is 103 cm³/mol. The van der Waals surface area contributed by atoms with E-state index in [0.717, 1.165) is 34.3 Å². The van der Waals surface area contributed by atoms with Crippen LogP contribution in [0.3, 0.4) is 0 Å². The van der Waals surface area contributed by atoms with Gasteiger partial charge in [0.25, 0.3) is 0 Å². The van der Waals surface area contributed by atoms with Crippen LogP contribution in [-0.4, -0.2) is 30.4 Å². The Labute approximate surface area is 147 Å². The van der Waals surface area contributed by atoms with Crippen molar-refractivity contribution in [2.75, 3.05) is 19.6 Å². The van der Waals surface area contributed by atoms with Gasteiger partial charge >= 0.3 is 0 Å². The zero-order valence-electron chi connectivity index (χ0n) is 14.5. The molecule has 0 atom stereocenters. The Hall–Kier alpha value is -2.04. The van der Waals surface area contributed by atoms with Crippen molar-refractivity contribution < 1.29 is 4.79 Å². The van der Waals surface area contributed by atoms with E-state index in [1.807, 2.05) is 36.4 Å². The molecule has 0 aliphatic heterocycles. The largest absolute Gasteiger partial charge is 0.292 e. The van der Waals surface area contributed by atoms with E-state index in [-0.39, 0.29) is 5.78 Å². The Morgan fingerprint density at radius 3 is 2.17 bits per heavy atom. The molecular weight excluding hydrogens is 316 g/mol. The molecule has 0 aliphatic rings. The minimum absolute atomic E-state index is 0.00495. The highest BCUT2D eigenvalue weighted by Crippen LogP contribution is 2.26. The Morgan fingerprint density at radius 1 is 0.958 bits per heavy atom. The molecule has 0 fully saturated rings. The molecule has 1 aromatic heterocycles. The molecule has 0 radical (unpaired) electrons. The van der Waals surface area contributed by atoms with E-state index in [1.165, 1.54) is 17.0 Å². The number of aromatic nitrogens is 1. The number of hydrogen-bond acceptors (Lipinski definition) is 3. The van der Waals surface area contributed by atoms with E-state index in [1.54, 1.807) is 0 Å². The smallest absolute Gasteiger partial charge is 0.221 e. The third-order valence-electron chi connectivity index (χ3n) is 4.98. The maximum atomic E-state index is 12.7. The average molecular weight is 339 g/mol. The van der Waals surface area contributed by atoms with Crippen LogP contribution in [0.5, 0.6) is 0 Å². The zero-order valence-corrected chi connectivity index (χ0v) is 15.3. The molecule has 1 heterocycles. The lowest BCUT2D eigenvalue weighted by Crippen LogP contribution is -2.48. The summed E-state index contributed by atoms with van der Waals surface area (Å²) in [6.07, 6.45) is 0. The number of ketones is 1. The van der Waals surface area contributed by atoms with Gasteiger partial charge in [0.2, 0.25) is 5.78 Å². The maximum Gasteiger partial charge on any atom is 0.221 e. The molecule has 124 valence electrons. The molecule has 0 spiro atoms. The van der Waals surface area contributed by atoms with Gasteiger partial charge in [-0.25, -0.2) is 4.98 Å². The Balaban J connectivity index is 1.91. The van der Waals surface area contributed by atoms with E-state index in [2.05, 4.69) is 37.9 Å². The zero-order chi connectivity index (χ0) is 17.2. The van der Waals surface area contributed by atoms with E-state index in [9.17, 15) is 4.79 Å². The van der Waals surface area contributed by atoms with Crippen molar-refractivity contribution in [2.45, 2.75) is 20.8 Å². The fourth-order valence-electron chi connectivity index (χ4n) is 3.24. The van der Waals surface area contributed by atoms with Gasteiger partial charge in [0.1, 0.15) is 5.69 Å². The van der Waals surface area contributed by atoms with Gasteiger partial charge < -0.3 is 0 Å². The van der Waals surface area contributed by atoms with Crippen LogP contribution in [0.2, 0.25) is 0 Å². The SMILES string of the molecule is CC[N+](CC)(CC)c1ccc(C(=O)c2nc3ccccc3s2)cc1. The Bertz CT molecular complexity index is 806. The molecule has 3 nitrogen and oxygen atoms in total. The summed E-state index contributed by atoms with van der Waals surface area (Å²) >= 11 is 1.46. The van der Waals surface area contributed by atoms with Crippen LogP contribution in [-0.2, 0) is 0 Å². The van der Waals surface area contributed by atoms with Gasteiger partial charge in [-0.15, -0.1) is 11.3 Å². The number of carbonyl (C=O) groups excluding carboxylic acids is 1.